The summed E-state index contributed by atoms with van der Waals surface area (Å²) in [7, 11) is 0. The van der Waals surface area contributed by atoms with E-state index in [1.165, 1.54) is 89.9 Å². The Morgan fingerprint density at radius 3 is 2.26 bits per heavy atom. The zero-order valence-electron chi connectivity index (χ0n) is 17.8. The van der Waals surface area contributed by atoms with E-state index in [9.17, 15) is 4.79 Å². The van der Waals surface area contributed by atoms with Crippen molar-refractivity contribution in [3.63, 3.8) is 0 Å². The molecule has 3 saturated carbocycles. The van der Waals surface area contributed by atoms with E-state index < -0.39 is 0 Å². The van der Waals surface area contributed by atoms with Gasteiger partial charge in [-0.25, -0.2) is 0 Å². The first-order chi connectivity index (χ1) is 13.2. The van der Waals surface area contributed by atoms with Crippen molar-refractivity contribution < 1.29 is 4.79 Å². The molecule has 2 bridgehead atoms. The van der Waals surface area contributed by atoms with E-state index >= 15 is 0 Å². The van der Waals surface area contributed by atoms with Crippen LogP contribution in [-0.2, 0) is 4.79 Å². The highest BCUT2D eigenvalue weighted by Crippen LogP contribution is 2.49. The van der Waals surface area contributed by atoms with Crippen molar-refractivity contribution in [1.29, 1.82) is 5.41 Å². The number of hydrogen-bond acceptors (Lipinski definition) is 2. The Morgan fingerprint density at radius 1 is 0.889 bits per heavy atom. The highest BCUT2D eigenvalue weighted by atomic mass is 16.1. The van der Waals surface area contributed by atoms with Crippen LogP contribution in [0, 0.1) is 35.0 Å². The second kappa shape index (κ2) is 10.8. The first kappa shape index (κ1) is 21.1. The van der Waals surface area contributed by atoms with Gasteiger partial charge in [0, 0.05) is 24.5 Å². The monoisotopic (exact) mass is 373 g/mol. The molecule has 154 valence electrons. The smallest absolute Gasteiger partial charge is 0.138 e. The van der Waals surface area contributed by atoms with Gasteiger partial charge in [0.2, 0.25) is 0 Å². The van der Waals surface area contributed by atoms with Gasteiger partial charge in [-0.1, -0.05) is 77.6 Å². The molecule has 0 aromatic rings. The summed E-state index contributed by atoms with van der Waals surface area (Å²) in [5.41, 5.74) is 0.771. The lowest BCUT2D eigenvalue weighted by molar-refractivity contribution is -0.118. The number of carbonyl (C=O) groups excluding carboxylic acids is 1. The number of fused-ring (bicyclic) bond motifs is 2. The van der Waals surface area contributed by atoms with Crippen LogP contribution >= 0.6 is 0 Å². The van der Waals surface area contributed by atoms with Gasteiger partial charge in [-0.2, -0.15) is 0 Å². The number of ketones is 1. The van der Waals surface area contributed by atoms with E-state index in [1.807, 2.05) is 0 Å². The molecule has 3 rings (SSSR count). The average molecular weight is 374 g/mol. The molecule has 27 heavy (non-hydrogen) atoms. The van der Waals surface area contributed by atoms with E-state index in [0.717, 1.165) is 35.8 Å². The lowest BCUT2D eigenvalue weighted by Gasteiger charge is -2.31. The van der Waals surface area contributed by atoms with E-state index in [4.69, 9.17) is 5.41 Å². The normalized spacial score (nSPS) is 32.7. The molecule has 3 fully saturated rings. The number of carbonyl (C=O) groups is 1. The predicted molar refractivity (Wildman–Crippen MR) is 114 cm³/mol. The Bertz CT molecular complexity index is 485. The molecule has 3 aliphatic rings. The van der Waals surface area contributed by atoms with Crippen LogP contribution in [0.4, 0.5) is 0 Å². The lowest BCUT2D eigenvalue weighted by atomic mass is 9.74. The van der Waals surface area contributed by atoms with Gasteiger partial charge >= 0.3 is 0 Å². The maximum absolute atomic E-state index is 12.3. The van der Waals surface area contributed by atoms with Gasteiger partial charge in [0.15, 0.2) is 0 Å². The molecule has 0 spiro atoms. The van der Waals surface area contributed by atoms with Crippen molar-refractivity contribution in [2.24, 2.45) is 29.6 Å². The molecular formula is C25H43NO. The fraction of sp³-hybridized carbons (Fsp3) is 0.920. The molecule has 0 saturated heterocycles. The Balaban J connectivity index is 1.26. The van der Waals surface area contributed by atoms with Gasteiger partial charge in [-0.3, -0.25) is 4.79 Å². The standard InChI is InChI=1S/C25H43NO/c1-2-3-9-20-11-7-8-12-21(20)10-5-4-6-13-23(27)18-25(26)24-17-19-14-15-22(24)16-19/h19-22,24,26H,2-18H2,1H3. The highest BCUT2D eigenvalue weighted by Gasteiger charge is 2.41. The summed E-state index contributed by atoms with van der Waals surface area (Å²) in [4.78, 5) is 12.3. The zero-order chi connectivity index (χ0) is 19.1. The number of Topliss-reactive ketones (excluding diaryl/α,β-unsaturated/α-hetero) is 1. The van der Waals surface area contributed by atoms with Crippen LogP contribution in [0.5, 0.6) is 0 Å². The van der Waals surface area contributed by atoms with Crippen LogP contribution in [0.1, 0.15) is 116 Å². The summed E-state index contributed by atoms with van der Waals surface area (Å²) in [6.07, 6.45) is 21.4. The fourth-order valence-electron chi connectivity index (χ4n) is 6.52. The Kier molecular flexibility index (Phi) is 8.40. The quantitative estimate of drug-likeness (QED) is 0.282. The third-order valence-corrected chi connectivity index (χ3v) is 8.10. The van der Waals surface area contributed by atoms with Gasteiger partial charge in [0.05, 0.1) is 0 Å². The van der Waals surface area contributed by atoms with Crippen molar-refractivity contribution in [1.82, 2.24) is 0 Å². The third kappa shape index (κ3) is 6.16. The minimum absolute atomic E-state index is 0.335. The third-order valence-electron chi connectivity index (χ3n) is 8.10. The summed E-state index contributed by atoms with van der Waals surface area (Å²) in [5.74, 6) is 4.36. The second-order valence-corrected chi connectivity index (χ2v) is 10.1. The Morgan fingerprint density at radius 2 is 1.63 bits per heavy atom. The molecule has 2 heteroatoms. The number of nitrogens with one attached hydrogen (secondary N) is 1. The first-order valence-corrected chi connectivity index (χ1v) is 12.3. The summed E-state index contributed by atoms with van der Waals surface area (Å²) >= 11 is 0. The van der Waals surface area contributed by atoms with Crippen molar-refractivity contribution in [2.75, 3.05) is 0 Å². The summed E-state index contributed by atoms with van der Waals surface area (Å²) in [6.45, 7) is 2.31. The fourth-order valence-corrected chi connectivity index (χ4v) is 6.52. The van der Waals surface area contributed by atoms with Crippen molar-refractivity contribution in [3.8, 4) is 0 Å². The van der Waals surface area contributed by atoms with Gasteiger partial charge in [0.25, 0.3) is 0 Å². The van der Waals surface area contributed by atoms with E-state index in [-0.39, 0.29) is 0 Å². The van der Waals surface area contributed by atoms with Crippen LogP contribution in [0.2, 0.25) is 0 Å². The lowest BCUT2D eigenvalue weighted by Crippen LogP contribution is -2.22. The number of unbranched alkanes of at least 4 members (excludes halogenated alkanes) is 3. The number of rotatable bonds is 12. The first-order valence-electron chi connectivity index (χ1n) is 12.3. The molecule has 0 radical (unpaired) electrons. The minimum Gasteiger partial charge on any atom is -0.309 e. The Hall–Kier alpha value is -0.660. The number of hydrogen-bond donors (Lipinski definition) is 1. The van der Waals surface area contributed by atoms with Crippen LogP contribution in [0.15, 0.2) is 0 Å². The summed E-state index contributed by atoms with van der Waals surface area (Å²) in [5, 5.41) is 8.38. The second-order valence-electron chi connectivity index (χ2n) is 10.1. The molecule has 5 atom stereocenters. The average Bonchev–Trinajstić information content (AvgIpc) is 3.30. The SMILES string of the molecule is CCCCC1CCCCC1CCCCCC(=O)CC(=N)C1CC2CCC1C2. The van der Waals surface area contributed by atoms with Gasteiger partial charge < -0.3 is 5.41 Å². The minimum atomic E-state index is 0.335. The molecule has 5 unspecified atom stereocenters. The van der Waals surface area contributed by atoms with Gasteiger partial charge in [-0.15, -0.1) is 0 Å². The summed E-state index contributed by atoms with van der Waals surface area (Å²) in [6, 6.07) is 0. The highest BCUT2D eigenvalue weighted by molar-refractivity contribution is 6.01. The van der Waals surface area contributed by atoms with E-state index in [2.05, 4.69) is 6.92 Å². The maximum atomic E-state index is 12.3. The molecule has 0 heterocycles. The topological polar surface area (TPSA) is 40.9 Å². The van der Waals surface area contributed by atoms with Gasteiger partial charge in [-0.05, 0) is 49.4 Å². The molecular weight excluding hydrogens is 330 g/mol. The van der Waals surface area contributed by atoms with Crippen molar-refractivity contribution in [2.45, 2.75) is 116 Å². The van der Waals surface area contributed by atoms with E-state index in [0.29, 0.717) is 24.5 Å². The zero-order valence-corrected chi connectivity index (χ0v) is 17.8. The van der Waals surface area contributed by atoms with Crippen molar-refractivity contribution in [3.05, 3.63) is 0 Å². The van der Waals surface area contributed by atoms with Crippen LogP contribution in [0.25, 0.3) is 0 Å². The Labute approximate surface area is 167 Å². The maximum Gasteiger partial charge on any atom is 0.138 e. The van der Waals surface area contributed by atoms with E-state index in [1.54, 1.807) is 0 Å². The van der Waals surface area contributed by atoms with Crippen LogP contribution in [-0.4, -0.2) is 11.5 Å². The van der Waals surface area contributed by atoms with Gasteiger partial charge in [0.1, 0.15) is 5.78 Å². The molecule has 0 aromatic carbocycles. The predicted octanol–water partition coefficient (Wildman–Crippen LogP) is 7.35. The summed E-state index contributed by atoms with van der Waals surface area (Å²) < 4.78 is 0. The van der Waals surface area contributed by atoms with Crippen LogP contribution < -0.4 is 0 Å². The molecule has 2 nitrogen and oxygen atoms in total. The molecule has 0 aliphatic heterocycles. The van der Waals surface area contributed by atoms with Crippen LogP contribution in [0.3, 0.4) is 0 Å². The largest absolute Gasteiger partial charge is 0.309 e. The van der Waals surface area contributed by atoms with Crippen molar-refractivity contribution >= 4 is 11.5 Å². The molecule has 0 amide bonds. The molecule has 1 N–H and O–H groups in total. The molecule has 3 aliphatic carbocycles. The molecule has 0 aromatic heterocycles.